The molecule has 0 aromatic heterocycles. The molecule has 1 unspecified atom stereocenters. The molecule has 20 heavy (non-hydrogen) atoms. The lowest BCUT2D eigenvalue weighted by Gasteiger charge is -2.43. The summed E-state index contributed by atoms with van der Waals surface area (Å²) in [6, 6.07) is 8.51. The highest BCUT2D eigenvalue weighted by Gasteiger charge is 2.36. The van der Waals surface area contributed by atoms with Gasteiger partial charge in [-0.05, 0) is 42.7 Å². The van der Waals surface area contributed by atoms with Crippen LogP contribution in [0.4, 0.5) is 0 Å². The van der Waals surface area contributed by atoms with Crippen molar-refractivity contribution in [2.45, 2.75) is 45.3 Å². The predicted octanol–water partition coefficient (Wildman–Crippen LogP) is 3.04. The van der Waals surface area contributed by atoms with Gasteiger partial charge in [-0.2, -0.15) is 0 Å². The van der Waals surface area contributed by atoms with Crippen LogP contribution in [0.1, 0.15) is 49.8 Å². The molecule has 1 saturated carbocycles. The Kier molecular flexibility index (Phi) is 5.58. The summed E-state index contributed by atoms with van der Waals surface area (Å²) < 4.78 is 5.24. The number of ether oxygens (including phenoxy) is 1. The molecule has 0 saturated heterocycles. The lowest BCUT2D eigenvalue weighted by atomic mass is 9.66. The van der Waals surface area contributed by atoms with Crippen LogP contribution in [0.5, 0.6) is 0 Å². The Morgan fingerprint density at radius 1 is 1.40 bits per heavy atom. The van der Waals surface area contributed by atoms with E-state index in [0.717, 1.165) is 25.1 Å². The van der Waals surface area contributed by atoms with Gasteiger partial charge in [0.2, 0.25) is 0 Å². The fraction of sp³-hybridized carbons (Fsp3) is 0.647. The smallest absolute Gasteiger partial charge is 0.0681 e. The summed E-state index contributed by atoms with van der Waals surface area (Å²) in [5.41, 5.74) is 2.67. The first-order valence-electron chi connectivity index (χ1n) is 7.61. The van der Waals surface area contributed by atoms with E-state index >= 15 is 0 Å². The van der Waals surface area contributed by atoms with Gasteiger partial charge in [-0.1, -0.05) is 30.7 Å². The molecule has 1 aliphatic rings. The maximum Gasteiger partial charge on any atom is 0.0681 e. The van der Waals surface area contributed by atoms with Crippen molar-refractivity contribution in [3.63, 3.8) is 0 Å². The van der Waals surface area contributed by atoms with Gasteiger partial charge in [-0.15, -0.1) is 0 Å². The highest BCUT2D eigenvalue weighted by molar-refractivity contribution is 5.25. The summed E-state index contributed by atoms with van der Waals surface area (Å²) in [6.07, 6.45) is 5.12. The zero-order valence-corrected chi connectivity index (χ0v) is 12.7. The third kappa shape index (κ3) is 3.81. The van der Waals surface area contributed by atoms with Crippen LogP contribution in [0.2, 0.25) is 0 Å². The third-order valence-electron chi connectivity index (χ3n) is 4.67. The molecule has 0 heterocycles. The second kappa shape index (κ2) is 7.21. The number of hydrogen-bond acceptors (Lipinski definition) is 3. The van der Waals surface area contributed by atoms with Gasteiger partial charge >= 0.3 is 0 Å². The molecule has 0 aliphatic heterocycles. The van der Waals surface area contributed by atoms with E-state index in [9.17, 15) is 5.11 Å². The standard InChI is InChI=1S/C17H27NO2/c1-14(16-6-3-5-15(11-16)12-19)18-13-17(7-4-8-17)9-10-20-2/h3,5-6,11,14,18-19H,4,7-10,12-13H2,1-2H3. The van der Waals surface area contributed by atoms with Gasteiger partial charge in [0.05, 0.1) is 6.61 Å². The number of methoxy groups -OCH3 is 1. The van der Waals surface area contributed by atoms with Crippen LogP contribution in [0, 0.1) is 5.41 Å². The molecule has 2 N–H and O–H groups in total. The van der Waals surface area contributed by atoms with Gasteiger partial charge in [0.15, 0.2) is 0 Å². The fourth-order valence-electron chi connectivity index (χ4n) is 2.96. The minimum atomic E-state index is 0.109. The van der Waals surface area contributed by atoms with Crippen molar-refractivity contribution < 1.29 is 9.84 Å². The van der Waals surface area contributed by atoms with Gasteiger partial charge in [-0.3, -0.25) is 0 Å². The van der Waals surface area contributed by atoms with Crippen molar-refractivity contribution in [1.29, 1.82) is 0 Å². The Morgan fingerprint density at radius 3 is 2.80 bits per heavy atom. The Hall–Kier alpha value is -0.900. The Balaban J connectivity index is 1.88. The Bertz CT molecular complexity index is 415. The number of rotatable bonds is 8. The van der Waals surface area contributed by atoms with Crippen LogP contribution in [0.15, 0.2) is 24.3 Å². The topological polar surface area (TPSA) is 41.5 Å². The van der Waals surface area contributed by atoms with Gasteiger partial charge in [0.1, 0.15) is 0 Å². The van der Waals surface area contributed by atoms with E-state index in [-0.39, 0.29) is 6.61 Å². The van der Waals surface area contributed by atoms with Crippen molar-refractivity contribution in [3.8, 4) is 0 Å². The summed E-state index contributed by atoms with van der Waals surface area (Å²) >= 11 is 0. The van der Waals surface area contributed by atoms with Crippen molar-refractivity contribution >= 4 is 0 Å². The molecule has 1 atom stereocenters. The quantitative estimate of drug-likeness (QED) is 0.767. The molecular weight excluding hydrogens is 250 g/mol. The molecule has 0 radical (unpaired) electrons. The average Bonchev–Trinajstić information content (AvgIpc) is 2.45. The lowest BCUT2D eigenvalue weighted by molar-refractivity contribution is 0.0669. The SMILES string of the molecule is COCCC1(CNC(C)c2cccc(CO)c2)CCC1. The molecule has 0 bridgehead atoms. The Labute approximate surface area is 122 Å². The lowest BCUT2D eigenvalue weighted by Crippen LogP contribution is -2.41. The van der Waals surface area contributed by atoms with E-state index in [1.165, 1.54) is 24.8 Å². The highest BCUT2D eigenvalue weighted by Crippen LogP contribution is 2.43. The minimum absolute atomic E-state index is 0.109. The Morgan fingerprint density at radius 2 is 2.20 bits per heavy atom. The maximum atomic E-state index is 9.21. The molecule has 3 nitrogen and oxygen atoms in total. The number of hydrogen-bond donors (Lipinski definition) is 2. The average molecular weight is 277 g/mol. The van der Waals surface area contributed by atoms with Gasteiger partial charge in [0.25, 0.3) is 0 Å². The summed E-state index contributed by atoms with van der Waals surface area (Å²) in [4.78, 5) is 0. The molecule has 112 valence electrons. The van der Waals surface area contributed by atoms with Crippen molar-refractivity contribution in [1.82, 2.24) is 5.32 Å². The van der Waals surface area contributed by atoms with Gasteiger partial charge in [0, 0.05) is 26.3 Å². The first kappa shape index (κ1) is 15.5. The molecule has 1 aliphatic carbocycles. The summed E-state index contributed by atoms with van der Waals surface area (Å²) in [7, 11) is 1.78. The largest absolute Gasteiger partial charge is 0.392 e. The second-order valence-corrected chi connectivity index (χ2v) is 6.10. The van der Waals surface area contributed by atoms with E-state index in [4.69, 9.17) is 4.74 Å². The zero-order chi connectivity index (χ0) is 14.4. The van der Waals surface area contributed by atoms with E-state index in [0.29, 0.717) is 11.5 Å². The summed E-state index contributed by atoms with van der Waals surface area (Å²) in [6.45, 7) is 4.22. The molecule has 0 spiro atoms. The molecule has 1 aromatic rings. The zero-order valence-electron chi connectivity index (χ0n) is 12.7. The number of benzene rings is 1. The first-order chi connectivity index (χ1) is 9.69. The summed E-state index contributed by atoms with van der Waals surface area (Å²) in [5.74, 6) is 0. The molecule has 3 heteroatoms. The van der Waals surface area contributed by atoms with Gasteiger partial charge in [-0.25, -0.2) is 0 Å². The normalized spacial score (nSPS) is 18.6. The second-order valence-electron chi connectivity index (χ2n) is 6.10. The van der Waals surface area contributed by atoms with Crippen LogP contribution >= 0.6 is 0 Å². The van der Waals surface area contributed by atoms with Gasteiger partial charge < -0.3 is 15.2 Å². The molecule has 1 fully saturated rings. The molecule has 0 amide bonds. The van der Waals surface area contributed by atoms with E-state index in [1.807, 2.05) is 12.1 Å². The van der Waals surface area contributed by atoms with Crippen LogP contribution in [0.3, 0.4) is 0 Å². The van der Waals surface area contributed by atoms with E-state index < -0.39 is 0 Å². The first-order valence-corrected chi connectivity index (χ1v) is 7.61. The fourth-order valence-corrected chi connectivity index (χ4v) is 2.96. The molecule has 1 aromatic carbocycles. The monoisotopic (exact) mass is 277 g/mol. The third-order valence-corrected chi connectivity index (χ3v) is 4.67. The van der Waals surface area contributed by atoms with Crippen molar-refractivity contribution in [2.75, 3.05) is 20.3 Å². The van der Waals surface area contributed by atoms with Crippen LogP contribution in [-0.2, 0) is 11.3 Å². The van der Waals surface area contributed by atoms with Crippen LogP contribution < -0.4 is 5.32 Å². The number of nitrogens with one attached hydrogen (secondary N) is 1. The van der Waals surface area contributed by atoms with Crippen LogP contribution in [0.25, 0.3) is 0 Å². The maximum absolute atomic E-state index is 9.21. The van der Waals surface area contributed by atoms with Crippen molar-refractivity contribution in [2.24, 2.45) is 5.41 Å². The van der Waals surface area contributed by atoms with Crippen molar-refractivity contribution in [3.05, 3.63) is 35.4 Å². The van der Waals surface area contributed by atoms with E-state index in [1.54, 1.807) is 7.11 Å². The molecular formula is C17H27NO2. The highest BCUT2D eigenvalue weighted by atomic mass is 16.5. The molecule has 2 rings (SSSR count). The minimum Gasteiger partial charge on any atom is -0.392 e. The summed E-state index contributed by atoms with van der Waals surface area (Å²) in [5, 5.41) is 12.9. The number of aliphatic hydroxyl groups excluding tert-OH is 1. The van der Waals surface area contributed by atoms with E-state index in [2.05, 4.69) is 24.4 Å². The van der Waals surface area contributed by atoms with Crippen LogP contribution in [-0.4, -0.2) is 25.4 Å². The predicted molar refractivity (Wildman–Crippen MR) is 81.6 cm³/mol. The number of aliphatic hydroxyl groups is 1.